The van der Waals surface area contributed by atoms with Crippen molar-refractivity contribution in [3.8, 4) is 0 Å². The third-order valence-corrected chi connectivity index (χ3v) is 3.41. The van der Waals surface area contributed by atoms with Gasteiger partial charge in [-0.25, -0.2) is 0 Å². The highest BCUT2D eigenvalue weighted by Crippen LogP contribution is 2.25. The Labute approximate surface area is 112 Å². The molecule has 1 saturated heterocycles. The van der Waals surface area contributed by atoms with E-state index in [1.807, 2.05) is 24.3 Å². The number of nitrogens with zero attached hydrogens (tertiary/aromatic N) is 1. The number of hydrogen-bond donors (Lipinski definition) is 2. The maximum absolute atomic E-state index is 9.22. The number of benzene rings is 1. The molecule has 1 aromatic rings. The van der Waals surface area contributed by atoms with Gasteiger partial charge in [-0.15, -0.1) is 0 Å². The van der Waals surface area contributed by atoms with Crippen LogP contribution in [0.1, 0.15) is 12.5 Å². The van der Waals surface area contributed by atoms with Crippen LogP contribution in [0.5, 0.6) is 0 Å². The molecule has 18 heavy (non-hydrogen) atoms. The van der Waals surface area contributed by atoms with Crippen LogP contribution in [0.15, 0.2) is 24.3 Å². The molecular weight excluding hydrogens is 248 g/mol. The fourth-order valence-corrected chi connectivity index (χ4v) is 2.37. The molecule has 0 spiro atoms. The van der Waals surface area contributed by atoms with E-state index in [0.717, 1.165) is 11.3 Å². The van der Waals surface area contributed by atoms with Gasteiger partial charge < -0.3 is 20.5 Å². The van der Waals surface area contributed by atoms with Crippen LogP contribution in [0.2, 0.25) is 0 Å². The third kappa shape index (κ3) is 2.63. The van der Waals surface area contributed by atoms with Gasteiger partial charge >= 0.3 is 0 Å². The molecule has 0 saturated carbocycles. The van der Waals surface area contributed by atoms with E-state index in [9.17, 15) is 5.11 Å². The molecule has 3 N–H and O–H groups in total. The standard InChI is InChI=1S/C13H18N2O2S/c1-9-8-17-10(7-16)6-15(9)12-5-3-2-4-11(12)13(14)18/h2-5,9-10,16H,6-8H2,1H3,(H2,14,18). The average molecular weight is 266 g/mol. The number of aliphatic hydroxyl groups is 1. The number of aliphatic hydroxyl groups excluding tert-OH is 1. The van der Waals surface area contributed by atoms with E-state index in [1.165, 1.54) is 0 Å². The Bertz CT molecular complexity index is 439. The Balaban J connectivity index is 2.31. The highest BCUT2D eigenvalue weighted by atomic mass is 32.1. The molecule has 2 atom stereocenters. The van der Waals surface area contributed by atoms with Gasteiger partial charge in [0.05, 0.1) is 19.3 Å². The Morgan fingerprint density at radius 2 is 2.28 bits per heavy atom. The van der Waals surface area contributed by atoms with Crippen molar-refractivity contribution in [2.45, 2.75) is 19.1 Å². The van der Waals surface area contributed by atoms with Crippen molar-refractivity contribution in [1.82, 2.24) is 0 Å². The number of anilines is 1. The maximum atomic E-state index is 9.22. The summed E-state index contributed by atoms with van der Waals surface area (Å²) in [4.78, 5) is 2.59. The lowest BCUT2D eigenvalue weighted by Crippen LogP contribution is -2.50. The minimum absolute atomic E-state index is 0.0262. The minimum Gasteiger partial charge on any atom is -0.394 e. The van der Waals surface area contributed by atoms with Crippen LogP contribution in [0, 0.1) is 0 Å². The SMILES string of the molecule is CC1COC(CO)CN1c1ccccc1C(N)=S. The van der Waals surface area contributed by atoms with E-state index in [1.54, 1.807) is 0 Å². The molecule has 1 fully saturated rings. The van der Waals surface area contributed by atoms with Crippen LogP contribution in [0.25, 0.3) is 0 Å². The monoisotopic (exact) mass is 266 g/mol. The molecule has 0 amide bonds. The van der Waals surface area contributed by atoms with Crippen LogP contribution in [0.4, 0.5) is 5.69 Å². The first-order valence-corrected chi connectivity index (χ1v) is 6.42. The Hall–Kier alpha value is -1.17. The number of ether oxygens (including phenoxy) is 1. The summed E-state index contributed by atoms with van der Waals surface area (Å²) < 4.78 is 5.54. The number of hydrogen-bond acceptors (Lipinski definition) is 4. The van der Waals surface area contributed by atoms with Gasteiger partial charge in [-0.3, -0.25) is 0 Å². The molecule has 0 bridgehead atoms. The second-order valence-electron chi connectivity index (χ2n) is 4.52. The lowest BCUT2D eigenvalue weighted by Gasteiger charge is -2.39. The number of rotatable bonds is 3. The summed E-state index contributed by atoms with van der Waals surface area (Å²) in [5, 5.41) is 9.22. The van der Waals surface area contributed by atoms with Crippen molar-refractivity contribution in [3.05, 3.63) is 29.8 Å². The van der Waals surface area contributed by atoms with Gasteiger partial charge in [0.1, 0.15) is 4.99 Å². The molecule has 0 aromatic heterocycles. The van der Waals surface area contributed by atoms with Gasteiger partial charge in [-0.05, 0) is 19.1 Å². The zero-order valence-corrected chi connectivity index (χ0v) is 11.2. The molecule has 5 heteroatoms. The Morgan fingerprint density at radius 3 is 2.94 bits per heavy atom. The van der Waals surface area contributed by atoms with E-state index >= 15 is 0 Å². The fraction of sp³-hybridized carbons (Fsp3) is 0.462. The van der Waals surface area contributed by atoms with Gasteiger partial charge in [0.25, 0.3) is 0 Å². The first-order valence-electron chi connectivity index (χ1n) is 6.01. The summed E-state index contributed by atoms with van der Waals surface area (Å²) in [5.41, 5.74) is 7.64. The summed E-state index contributed by atoms with van der Waals surface area (Å²) >= 11 is 5.09. The van der Waals surface area contributed by atoms with Gasteiger partial charge in [-0.1, -0.05) is 24.4 Å². The second kappa shape index (κ2) is 5.65. The lowest BCUT2D eigenvalue weighted by molar-refractivity contribution is -0.0103. The summed E-state index contributed by atoms with van der Waals surface area (Å²) in [6.45, 7) is 3.36. The molecule has 98 valence electrons. The zero-order valence-electron chi connectivity index (χ0n) is 10.4. The largest absolute Gasteiger partial charge is 0.394 e. The van der Waals surface area contributed by atoms with E-state index < -0.39 is 0 Å². The lowest BCUT2D eigenvalue weighted by atomic mass is 10.1. The molecule has 0 radical (unpaired) electrons. The van der Waals surface area contributed by atoms with Gasteiger partial charge in [0, 0.05) is 23.8 Å². The quantitative estimate of drug-likeness (QED) is 0.796. The van der Waals surface area contributed by atoms with E-state index in [0.29, 0.717) is 18.1 Å². The van der Waals surface area contributed by atoms with Crippen molar-refractivity contribution < 1.29 is 9.84 Å². The molecule has 2 rings (SSSR count). The minimum atomic E-state index is -0.152. The fourth-order valence-electron chi connectivity index (χ4n) is 2.20. The first kappa shape index (κ1) is 13.3. The Morgan fingerprint density at radius 1 is 1.56 bits per heavy atom. The third-order valence-electron chi connectivity index (χ3n) is 3.19. The predicted molar refractivity (Wildman–Crippen MR) is 76.0 cm³/mol. The topological polar surface area (TPSA) is 58.7 Å². The summed E-state index contributed by atoms with van der Waals surface area (Å²) in [6, 6.07) is 8.06. The number of morpholine rings is 1. The zero-order chi connectivity index (χ0) is 13.1. The molecule has 2 unspecified atom stereocenters. The summed E-state index contributed by atoms with van der Waals surface area (Å²) in [7, 11) is 0. The highest BCUT2D eigenvalue weighted by Gasteiger charge is 2.27. The molecule has 1 aliphatic heterocycles. The first-order chi connectivity index (χ1) is 8.63. The van der Waals surface area contributed by atoms with Crippen molar-refractivity contribution in [3.63, 3.8) is 0 Å². The average Bonchev–Trinajstić information content (AvgIpc) is 2.39. The molecule has 4 nitrogen and oxygen atoms in total. The number of para-hydroxylation sites is 1. The highest BCUT2D eigenvalue weighted by molar-refractivity contribution is 7.80. The second-order valence-corrected chi connectivity index (χ2v) is 4.96. The van der Waals surface area contributed by atoms with E-state index in [2.05, 4.69) is 11.8 Å². The molecule has 1 aliphatic rings. The van der Waals surface area contributed by atoms with Crippen molar-refractivity contribution in [2.75, 3.05) is 24.7 Å². The van der Waals surface area contributed by atoms with Crippen LogP contribution in [0.3, 0.4) is 0 Å². The molecular formula is C13H18N2O2S. The van der Waals surface area contributed by atoms with E-state index in [4.69, 9.17) is 22.7 Å². The van der Waals surface area contributed by atoms with Gasteiger partial charge in [0.2, 0.25) is 0 Å². The Kier molecular flexibility index (Phi) is 4.16. The normalized spacial score (nSPS) is 24.0. The predicted octanol–water partition coefficient (Wildman–Crippen LogP) is 0.907. The van der Waals surface area contributed by atoms with Crippen LogP contribution < -0.4 is 10.6 Å². The van der Waals surface area contributed by atoms with Crippen LogP contribution in [-0.2, 0) is 4.74 Å². The van der Waals surface area contributed by atoms with Crippen molar-refractivity contribution in [1.29, 1.82) is 0 Å². The van der Waals surface area contributed by atoms with Crippen molar-refractivity contribution >= 4 is 22.9 Å². The van der Waals surface area contributed by atoms with Crippen LogP contribution in [-0.4, -0.2) is 42.0 Å². The van der Waals surface area contributed by atoms with Gasteiger partial charge in [-0.2, -0.15) is 0 Å². The summed E-state index contributed by atoms with van der Waals surface area (Å²) in [5.74, 6) is 0. The maximum Gasteiger partial charge on any atom is 0.106 e. The molecule has 1 heterocycles. The van der Waals surface area contributed by atoms with Crippen molar-refractivity contribution in [2.24, 2.45) is 5.73 Å². The number of nitrogens with two attached hydrogens (primary N) is 1. The summed E-state index contributed by atoms with van der Waals surface area (Å²) in [6.07, 6.45) is -0.152. The van der Waals surface area contributed by atoms with Gasteiger partial charge in [0.15, 0.2) is 0 Å². The molecule has 1 aromatic carbocycles. The molecule has 0 aliphatic carbocycles. The van der Waals surface area contributed by atoms with Crippen LogP contribution >= 0.6 is 12.2 Å². The van der Waals surface area contributed by atoms with E-state index in [-0.39, 0.29) is 18.8 Å². The number of thiocarbonyl (C=S) groups is 1. The smallest absolute Gasteiger partial charge is 0.106 e.